The number of ketones is 1. The van der Waals surface area contributed by atoms with E-state index in [-0.39, 0.29) is 11.7 Å². The molecule has 1 N–H and O–H groups in total. The Morgan fingerprint density at radius 2 is 1.68 bits per heavy atom. The van der Waals surface area contributed by atoms with E-state index in [2.05, 4.69) is 0 Å². The number of hydrogen-bond donors (Lipinski definition) is 1. The molecule has 2 nitrogen and oxygen atoms in total. The minimum absolute atomic E-state index is 0.0173. The third kappa shape index (κ3) is 3.46. The monoisotopic (exact) mass is 273 g/mol. The predicted octanol–water partition coefficient (Wildman–Crippen LogP) is 2.80. The van der Waals surface area contributed by atoms with Crippen LogP contribution in [-0.2, 0) is 10.9 Å². The molecule has 0 spiro atoms. The van der Waals surface area contributed by atoms with Gasteiger partial charge in [-0.3, -0.25) is 4.79 Å². The van der Waals surface area contributed by atoms with Crippen molar-refractivity contribution in [3.63, 3.8) is 0 Å². The number of aryl methyl sites for hydroxylation is 1. The first-order valence-corrected chi connectivity index (χ1v) is 7.71. The van der Waals surface area contributed by atoms with E-state index in [0.717, 1.165) is 10.5 Å². The number of Topliss-reactive ketones (excluding diaryl/α,β-unsaturated/α-hetero) is 1. The lowest BCUT2D eigenvalue weighted by Crippen LogP contribution is -2.20. The Labute approximate surface area is 116 Å². The molecule has 0 aliphatic heterocycles. The lowest BCUT2D eigenvalue weighted by Gasteiger charge is -2.07. The van der Waals surface area contributed by atoms with Crippen LogP contribution in [0.2, 0.25) is 0 Å². The zero-order valence-electron chi connectivity index (χ0n) is 10.9. The summed E-state index contributed by atoms with van der Waals surface area (Å²) in [4.78, 5) is 13.3. The van der Waals surface area contributed by atoms with Gasteiger partial charge in [-0.25, -0.2) is 0 Å². The molecule has 2 aromatic carbocycles. The Hall–Kier alpha value is -1.58. The third-order valence-electron chi connectivity index (χ3n) is 2.96. The molecule has 19 heavy (non-hydrogen) atoms. The van der Waals surface area contributed by atoms with E-state index in [4.69, 9.17) is 0 Å². The van der Waals surface area contributed by atoms with Crippen LogP contribution < -0.4 is 0 Å². The van der Waals surface area contributed by atoms with E-state index in [0.29, 0.717) is 11.3 Å². The highest BCUT2D eigenvalue weighted by molar-refractivity contribution is 7.97. The average molecular weight is 273 g/mol. The van der Waals surface area contributed by atoms with E-state index in [9.17, 15) is 9.90 Å². The van der Waals surface area contributed by atoms with Gasteiger partial charge in [0.2, 0.25) is 11.7 Å². The molecule has 0 aliphatic rings. The van der Waals surface area contributed by atoms with Crippen LogP contribution in [0, 0.1) is 6.92 Å². The van der Waals surface area contributed by atoms with Crippen LogP contribution >= 0.6 is 0 Å². The number of hydrogen-bond acceptors (Lipinski definition) is 2. The lowest BCUT2D eigenvalue weighted by molar-refractivity contribution is 0.102. The van der Waals surface area contributed by atoms with Gasteiger partial charge in [-0.1, -0.05) is 48.5 Å². The van der Waals surface area contributed by atoms with Gasteiger partial charge >= 0.3 is 0 Å². The number of carbonyl (C=O) groups excluding carboxylic acids is 1. The van der Waals surface area contributed by atoms with Crippen molar-refractivity contribution >= 4 is 16.7 Å². The van der Waals surface area contributed by atoms with Crippen LogP contribution in [0.1, 0.15) is 15.9 Å². The maximum atomic E-state index is 12.2. The normalized spacial score (nSPS) is 12.1. The summed E-state index contributed by atoms with van der Waals surface area (Å²) in [6.45, 7) is 2.01. The number of benzene rings is 2. The smallest absolute Gasteiger partial charge is 0.212 e. The van der Waals surface area contributed by atoms with Gasteiger partial charge in [-0.05, 0) is 13.0 Å². The van der Waals surface area contributed by atoms with Crippen molar-refractivity contribution in [3.8, 4) is 0 Å². The summed E-state index contributed by atoms with van der Waals surface area (Å²) in [6.07, 6.45) is 0. The van der Waals surface area contributed by atoms with Gasteiger partial charge in [0.15, 0.2) is 10.6 Å². The van der Waals surface area contributed by atoms with Gasteiger partial charge in [-0.2, -0.15) is 0 Å². The van der Waals surface area contributed by atoms with Crippen LogP contribution in [0.5, 0.6) is 0 Å². The largest absolute Gasteiger partial charge is 0.351 e. The van der Waals surface area contributed by atoms with Crippen LogP contribution in [-0.4, -0.2) is 22.6 Å². The Balaban J connectivity index is 2.17. The molecule has 3 heteroatoms. The molecule has 0 radical (unpaired) electrons. The fraction of sp³-hybridized carbons (Fsp3) is 0.188. The molecule has 0 aliphatic carbocycles. The highest BCUT2D eigenvalue weighted by atomic mass is 32.2. The Morgan fingerprint density at radius 3 is 2.32 bits per heavy atom. The second kappa shape index (κ2) is 6.55. The predicted molar refractivity (Wildman–Crippen MR) is 79.5 cm³/mol. The van der Waals surface area contributed by atoms with Crippen molar-refractivity contribution in [2.45, 2.75) is 11.8 Å². The van der Waals surface area contributed by atoms with Crippen LogP contribution in [0.4, 0.5) is 0 Å². The second-order valence-corrected chi connectivity index (χ2v) is 6.29. The molecule has 0 heterocycles. The first-order chi connectivity index (χ1) is 9.22. The maximum absolute atomic E-state index is 12.2. The molecule has 0 fully saturated rings. The number of carbonyl (C=O) groups is 1. The summed E-state index contributed by atoms with van der Waals surface area (Å²) >= 11 is 0. The van der Waals surface area contributed by atoms with Crippen LogP contribution in [0.25, 0.3) is 0 Å². The SMILES string of the molecule is Cc1ccccc1[S+](CO)CC(=O)c1ccccc1. The Bertz CT molecular complexity index is 552. The van der Waals surface area contributed by atoms with Crippen molar-refractivity contribution in [2.24, 2.45) is 0 Å². The summed E-state index contributed by atoms with van der Waals surface area (Å²) in [5.74, 6) is 0.468. The molecule has 0 amide bonds. The van der Waals surface area contributed by atoms with Gasteiger partial charge in [-0.15, -0.1) is 0 Å². The summed E-state index contributed by atoms with van der Waals surface area (Å²) < 4.78 is 0. The van der Waals surface area contributed by atoms with Crippen molar-refractivity contribution in [3.05, 3.63) is 65.7 Å². The molecular weight excluding hydrogens is 256 g/mol. The van der Waals surface area contributed by atoms with Gasteiger partial charge in [0, 0.05) is 11.1 Å². The van der Waals surface area contributed by atoms with E-state index >= 15 is 0 Å². The number of rotatable bonds is 5. The van der Waals surface area contributed by atoms with E-state index in [1.807, 2.05) is 61.5 Å². The van der Waals surface area contributed by atoms with Crippen LogP contribution in [0.3, 0.4) is 0 Å². The standard InChI is InChI=1S/C16H17O2S/c1-13-7-5-6-10-16(13)19(12-17)11-15(18)14-8-3-2-4-9-14/h2-10,17H,11-12H2,1H3/q+1. The quantitative estimate of drug-likeness (QED) is 0.672. The Kier molecular flexibility index (Phi) is 4.77. The highest BCUT2D eigenvalue weighted by Gasteiger charge is 2.26. The van der Waals surface area contributed by atoms with E-state index < -0.39 is 10.9 Å². The molecule has 1 unspecified atom stereocenters. The van der Waals surface area contributed by atoms with Gasteiger partial charge in [0.05, 0.1) is 10.9 Å². The van der Waals surface area contributed by atoms with Gasteiger partial charge in [0.1, 0.15) is 0 Å². The fourth-order valence-corrected chi connectivity index (χ4v) is 3.60. The summed E-state index contributed by atoms with van der Waals surface area (Å²) in [5, 5.41) is 9.56. The fourth-order valence-electron chi connectivity index (χ4n) is 1.94. The van der Waals surface area contributed by atoms with Crippen molar-refractivity contribution in [1.82, 2.24) is 0 Å². The van der Waals surface area contributed by atoms with Crippen molar-refractivity contribution in [2.75, 3.05) is 11.7 Å². The van der Waals surface area contributed by atoms with Gasteiger partial charge < -0.3 is 5.11 Å². The topological polar surface area (TPSA) is 37.3 Å². The molecule has 0 saturated carbocycles. The van der Waals surface area contributed by atoms with Crippen LogP contribution in [0.15, 0.2) is 59.5 Å². The molecule has 2 rings (SSSR count). The minimum Gasteiger partial charge on any atom is -0.351 e. The third-order valence-corrected chi connectivity index (χ3v) is 4.96. The molecule has 2 aromatic rings. The highest BCUT2D eigenvalue weighted by Crippen LogP contribution is 2.19. The number of aliphatic hydroxyl groups is 1. The maximum Gasteiger partial charge on any atom is 0.212 e. The summed E-state index contributed by atoms with van der Waals surface area (Å²) in [5.41, 5.74) is 1.84. The molecule has 0 saturated heterocycles. The molecular formula is C16H17O2S+. The summed E-state index contributed by atoms with van der Waals surface area (Å²) in [7, 11) is -0.431. The first-order valence-electron chi connectivity index (χ1n) is 6.14. The molecule has 0 aromatic heterocycles. The second-order valence-electron chi connectivity index (χ2n) is 4.32. The number of aliphatic hydroxyl groups excluding tert-OH is 1. The average Bonchev–Trinajstić information content (AvgIpc) is 2.46. The summed E-state index contributed by atoms with van der Waals surface area (Å²) in [6, 6.07) is 17.2. The van der Waals surface area contributed by atoms with Gasteiger partial charge in [0.25, 0.3) is 0 Å². The van der Waals surface area contributed by atoms with E-state index in [1.165, 1.54) is 0 Å². The molecule has 0 bridgehead atoms. The molecule has 1 atom stereocenters. The Morgan fingerprint density at radius 1 is 1.05 bits per heavy atom. The van der Waals surface area contributed by atoms with E-state index in [1.54, 1.807) is 0 Å². The minimum atomic E-state index is -0.431. The lowest BCUT2D eigenvalue weighted by atomic mass is 10.2. The zero-order chi connectivity index (χ0) is 13.7. The first kappa shape index (κ1) is 13.8. The van der Waals surface area contributed by atoms with Crippen molar-refractivity contribution < 1.29 is 9.90 Å². The molecule has 98 valence electrons. The van der Waals surface area contributed by atoms with Crippen molar-refractivity contribution in [1.29, 1.82) is 0 Å². The zero-order valence-corrected chi connectivity index (χ0v) is 11.7.